The number of methoxy groups -OCH3 is 1. The molecule has 0 aliphatic rings. The number of ether oxygens (including phenoxy) is 1. The Hall–Kier alpha value is -2.67. The zero-order valence-electron chi connectivity index (χ0n) is 11.3. The van der Waals surface area contributed by atoms with Crippen LogP contribution in [-0.4, -0.2) is 41.7 Å². The average Bonchev–Trinajstić information content (AvgIpc) is 2.92. The number of oxazole rings is 1. The number of fused-ring (bicyclic) bond motifs is 1. The van der Waals surface area contributed by atoms with Gasteiger partial charge in [-0.15, -0.1) is 0 Å². The normalized spacial score (nSPS) is 12.5. The number of carbonyl (C=O) groups excluding carboxylic acids is 2. The van der Waals surface area contributed by atoms with Crippen LogP contribution in [0, 0.1) is 0 Å². The fourth-order valence-electron chi connectivity index (χ4n) is 1.65. The lowest BCUT2D eigenvalue weighted by atomic mass is 10.3. The molecule has 0 aliphatic heterocycles. The van der Waals surface area contributed by atoms with Crippen molar-refractivity contribution in [2.45, 2.75) is 6.04 Å². The van der Waals surface area contributed by atoms with Gasteiger partial charge < -0.3 is 19.6 Å². The lowest BCUT2D eigenvalue weighted by Gasteiger charge is -2.11. The van der Waals surface area contributed by atoms with E-state index < -0.39 is 24.5 Å². The van der Waals surface area contributed by atoms with Gasteiger partial charge in [0, 0.05) is 12.2 Å². The summed E-state index contributed by atoms with van der Waals surface area (Å²) in [5.41, 5.74) is 1.29. The predicted octanol–water partition coefficient (Wildman–Crippen LogP) is 0.491. The van der Waals surface area contributed by atoms with Crippen LogP contribution in [0.5, 0.6) is 0 Å². The molecule has 110 valence electrons. The van der Waals surface area contributed by atoms with Gasteiger partial charge in [-0.2, -0.15) is 0 Å². The zero-order valence-corrected chi connectivity index (χ0v) is 11.3. The monoisotopic (exact) mass is 290 g/mol. The second kappa shape index (κ2) is 6.67. The minimum atomic E-state index is -1.10. The minimum absolute atomic E-state index is 0.268. The lowest BCUT2D eigenvalue weighted by molar-refractivity contribution is -0.145. The van der Waals surface area contributed by atoms with Gasteiger partial charge in [-0.25, -0.2) is 9.78 Å². The van der Waals surface area contributed by atoms with Crippen molar-refractivity contribution in [1.82, 2.24) is 10.3 Å². The Morgan fingerprint density at radius 3 is 2.90 bits per heavy atom. The van der Waals surface area contributed by atoms with Crippen molar-refractivity contribution in [3.05, 3.63) is 36.2 Å². The van der Waals surface area contributed by atoms with Gasteiger partial charge in [0.25, 0.3) is 0 Å². The van der Waals surface area contributed by atoms with E-state index in [1.54, 1.807) is 12.1 Å². The van der Waals surface area contributed by atoms with Crippen LogP contribution in [0.2, 0.25) is 0 Å². The van der Waals surface area contributed by atoms with Crippen LogP contribution in [0.3, 0.4) is 0 Å². The average molecular weight is 290 g/mol. The number of rotatable bonds is 5. The third-order valence-electron chi connectivity index (χ3n) is 2.67. The molecule has 0 bridgehead atoms. The predicted molar refractivity (Wildman–Crippen MR) is 74.1 cm³/mol. The SMILES string of the molecule is COC(=O)C(CO)NC(=O)/C=C/c1nc2ccccc2o1. The van der Waals surface area contributed by atoms with E-state index in [1.807, 2.05) is 12.1 Å². The van der Waals surface area contributed by atoms with Gasteiger partial charge in [-0.05, 0) is 12.1 Å². The standard InChI is InChI=1S/C14H14N2O5/c1-20-14(19)10(8-17)15-12(18)6-7-13-16-9-4-2-3-5-11(9)21-13/h2-7,10,17H,8H2,1H3,(H,15,18)/b7-6+. The van der Waals surface area contributed by atoms with Crippen molar-refractivity contribution in [2.75, 3.05) is 13.7 Å². The van der Waals surface area contributed by atoms with Gasteiger partial charge in [0.15, 0.2) is 11.6 Å². The van der Waals surface area contributed by atoms with Crippen LogP contribution in [0.4, 0.5) is 0 Å². The highest BCUT2D eigenvalue weighted by molar-refractivity contribution is 5.94. The molecule has 2 rings (SSSR count). The lowest BCUT2D eigenvalue weighted by Crippen LogP contribution is -2.43. The quantitative estimate of drug-likeness (QED) is 0.614. The minimum Gasteiger partial charge on any atom is -0.467 e. The van der Waals surface area contributed by atoms with Gasteiger partial charge in [-0.1, -0.05) is 12.1 Å². The third-order valence-corrected chi connectivity index (χ3v) is 2.67. The molecule has 2 aromatic rings. The molecule has 0 aliphatic carbocycles. The number of amides is 1. The first-order chi connectivity index (χ1) is 10.1. The molecule has 1 unspecified atom stereocenters. The number of nitrogens with zero attached hydrogens (tertiary/aromatic N) is 1. The van der Waals surface area contributed by atoms with E-state index in [2.05, 4.69) is 15.0 Å². The molecule has 2 N–H and O–H groups in total. The van der Waals surface area contributed by atoms with Crippen molar-refractivity contribution >= 4 is 29.1 Å². The second-order valence-corrected chi connectivity index (χ2v) is 4.12. The van der Waals surface area contributed by atoms with Crippen LogP contribution >= 0.6 is 0 Å². The molecule has 0 radical (unpaired) electrons. The second-order valence-electron chi connectivity index (χ2n) is 4.12. The molecule has 1 atom stereocenters. The maximum atomic E-state index is 11.6. The van der Waals surface area contributed by atoms with Gasteiger partial charge in [0.1, 0.15) is 5.52 Å². The zero-order chi connectivity index (χ0) is 15.2. The molecule has 0 saturated carbocycles. The van der Waals surface area contributed by atoms with E-state index in [0.717, 1.165) is 6.08 Å². The summed E-state index contributed by atoms with van der Waals surface area (Å²) in [5.74, 6) is -1.02. The maximum absolute atomic E-state index is 11.6. The Balaban J connectivity index is 2.02. The molecule has 7 heteroatoms. The number of esters is 1. The summed E-state index contributed by atoms with van der Waals surface area (Å²) in [5, 5.41) is 11.3. The summed E-state index contributed by atoms with van der Waals surface area (Å²) in [4.78, 5) is 27.0. The molecule has 1 amide bonds. The van der Waals surface area contributed by atoms with Crippen molar-refractivity contribution in [3.8, 4) is 0 Å². The number of benzene rings is 1. The Bertz CT molecular complexity index is 644. The van der Waals surface area contributed by atoms with Crippen molar-refractivity contribution in [3.63, 3.8) is 0 Å². The topological polar surface area (TPSA) is 102 Å². The van der Waals surface area contributed by atoms with E-state index in [9.17, 15) is 9.59 Å². The molecular weight excluding hydrogens is 276 g/mol. The first kappa shape index (κ1) is 14.7. The fraction of sp³-hybridized carbons (Fsp3) is 0.214. The van der Waals surface area contributed by atoms with Crippen LogP contribution in [0.15, 0.2) is 34.8 Å². The Morgan fingerprint density at radius 2 is 2.24 bits per heavy atom. The molecule has 0 saturated heterocycles. The molecule has 0 spiro atoms. The van der Waals surface area contributed by atoms with E-state index >= 15 is 0 Å². The van der Waals surface area contributed by atoms with Crippen molar-refractivity contribution in [1.29, 1.82) is 0 Å². The first-order valence-corrected chi connectivity index (χ1v) is 6.17. The van der Waals surface area contributed by atoms with E-state index in [1.165, 1.54) is 13.2 Å². The summed E-state index contributed by atoms with van der Waals surface area (Å²) in [6, 6.07) is 6.09. The van der Waals surface area contributed by atoms with Gasteiger partial charge in [0.2, 0.25) is 11.8 Å². The molecule has 1 aromatic carbocycles. The fourth-order valence-corrected chi connectivity index (χ4v) is 1.65. The highest BCUT2D eigenvalue weighted by atomic mass is 16.5. The van der Waals surface area contributed by atoms with Crippen LogP contribution in [0.1, 0.15) is 5.89 Å². The Labute approximate surface area is 120 Å². The van der Waals surface area contributed by atoms with Crippen LogP contribution < -0.4 is 5.32 Å². The number of aliphatic hydroxyl groups excluding tert-OH is 1. The molecule has 0 fully saturated rings. The number of carbonyl (C=O) groups is 2. The summed E-state index contributed by atoms with van der Waals surface area (Å²) in [6.07, 6.45) is 2.54. The Kier molecular flexibility index (Phi) is 4.68. The summed E-state index contributed by atoms with van der Waals surface area (Å²) in [6.45, 7) is -0.546. The van der Waals surface area contributed by atoms with Crippen LogP contribution in [-0.2, 0) is 14.3 Å². The summed E-state index contributed by atoms with van der Waals surface area (Å²) < 4.78 is 9.84. The number of para-hydroxylation sites is 2. The largest absolute Gasteiger partial charge is 0.467 e. The molecule has 7 nitrogen and oxygen atoms in total. The maximum Gasteiger partial charge on any atom is 0.330 e. The molecule has 1 heterocycles. The van der Waals surface area contributed by atoms with E-state index in [-0.39, 0.29) is 5.89 Å². The number of hydrogen-bond acceptors (Lipinski definition) is 6. The highest BCUT2D eigenvalue weighted by Gasteiger charge is 2.19. The summed E-state index contributed by atoms with van der Waals surface area (Å²) in [7, 11) is 1.17. The van der Waals surface area contributed by atoms with Gasteiger partial charge in [-0.3, -0.25) is 4.79 Å². The number of aliphatic hydroxyl groups is 1. The van der Waals surface area contributed by atoms with E-state index in [4.69, 9.17) is 9.52 Å². The third kappa shape index (κ3) is 3.67. The molecule has 1 aromatic heterocycles. The molecular formula is C14H14N2O5. The van der Waals surface area contributed by atoms with Gasteiger partial charge in [0.05, 0.1) is 13.7 Å². The number of nitrogens with one attached hydrogen (secondary N) is 1. The van der Waals surface area contributed by atoms with Crippen LogP contribution in [0.25, 0.3) is 17.2 Å². The number of aromatic nitrogens is 1. The van der Waals surface area contributed by atoms with Crippen molar-refractivity contribution in [2.24, 2.45) is 0 Å². The first-order valence-electron chi connectivity index (χ1n) is 6.17. The van der Waals surface area contributed by atoms with Crippen molar-refractivity contribution < 1.29 is 23.8 Å². The Morgan fingerprint density at radius 1 is 1.48 bits per heavy atom. The molecule has 21 heavy (non-hydrogen) atoms. The highest BCUT2D eigenvalue weighted by Crippen LogP contribution is 2.15. The smallest absolute Gasteiger partial charge is 0.330 e. The van der Waals surface area contributed by atoms with Gasteiger partial charge >= 0.3 is 5.97 Å². The van der Waals surface area contributed by atoms with E-state index in [0.29, 0.717) is 11.1 Å². The number of hydrogen-bond donors (Lipinski definition) is 2. The summed E-state index contributed by atoms with van der Waals surface area (Å²) >= 11 is 0.